The number of amides is 1. The predicted molar refractivity (Wildman–Crippen MR) is 71.2 cm³/mol. The predicted octanol–water partition coefficient (Wildman–Crippen LogP) is 2.13. The van der Waals surface area contributed by atoms with Gasteiger partial charge in [-0.3, -0.25) is 4.79 Å². The zero-order chi connectivity index (χ0) is 14.7. The summed E-state index contributed by atoms with van der Waals surface area (Å²) in [5.74, 6) is -2.01. The van der Waals surface area contributed by atoms with Crippen molar-refractivity contribution in [2.24, 2.45) is 0 Å². The van der Waals surface area contributed by atoms with Crippen LogP contribution >= 0.6 is 23.2 Å². The van der Waals surface area contributed by atoms with Gasteiger partial charge in [0.25, 0.3) is 5.91 Å². The number of pyridine rings is 1. The summed E-state index contributed by atoms with van der Waals surface area (Å²) >= 11 is 11.4. The van der Waals surface area contributed by atoms with Crippen molar-refractivity contribution in [2.45, 2.75) is 0 Å². The highest BCUT2D eigenvalue weighted by atomic mass is 35.5. The summed E-state index contributed by atoms with van der Waals surface area (Å²) in [6.45, 7) is 0. The van der Waals surface area contributed by atoms with Gasteiger partial charge in [-0.15, -0.1) is 10.2 Å². The van der Waals surface area contributed by atoms with Crippen molar-refractivity contribution in [1.29, 1.82) is 0 Å². The number of nitrogens with one attached hydrogen (secondary N) is 1. The van der Waals surface area contributed by atoms with Gasteiger partial charge in [0, 0.05) is 6.20 Å². The number of carboxylic acids is 1. The van der Waals surface area contributed by atoms with Crippen LogP contribution in [0.2, 0.25) is 10.3 Å². The number of aromatic carboxylic acids is 1. The number of halogens is 2. The SMILES string of the molecule is O=C(Nc1ncccc1C(=O)O)c1cc(Cl)nnc1Cl. The molecule has 0 aromatic carbocycles. The molecule has 20 heavy (non-hydrogen) atoms. The maximum Gasteiger partial charge on any atom is 0.339 e. The number of carbonyl (C=O) groups excluding carboxylic acids is 1. The molecule has 0 atom stereocenters. The monoisotopic (exact) mass is 312 g/mol. The molecule has 2 aromatic heterocycles. The summed E-state index contributed by atoms with van der Waals surface area (Å²) in [4.78, 5) is 26.8. The molecule has 0 aliphatic heterocycles. The molecule has 2 aromatic rings. The number of nitrogens with zero attached hydrogens (tertiary/aromatic N) is 3. The molecule has 9 heteroatoms. The Kier molecular flexibility index (Phi) is 4.11. The Morgan fingerprint density at radius 1 is 1.20 bits per heavy atom. The Hall–Kier alpha value is -2.25. The molecule has 0 unspecified atom stereocenters. The Labute approximate surface area is 122 Å². The number of aromatic nitrogens is 3. The number of carbonyl (C=O) groups is 2. The van der Waals surface area contributed by atoms with Gasteiger partial charge < -0.3 is 10.4 Å². The van der Waals surface area contributed by atoms with Gasteiger partial charge in [0.2, 0.25) is 0 Å². The van der Waals surface area contributed by atoms with Crippen LogP contribution in [0.4, 0.5) is 5.82 Å². The Morgan fingerprint density at radius 3 is 2.65 bits per heavy atom. The Bertz CT molecular complexity index is 693. The molecule has 102 valence electrons. The van der Waals surface area contributed by atoms with E-state index in [1.165, 1.54) is 24.4 Å². The maximum atomic E-state index is 12.0. The zero-order valence-corrected chi connectivity index (χ0v) is 11.2. The van der Waals surface area contributed by atoms with Crippen molar-refractivity contribution in [2.75, 3.05) is 5.32 Å². The van der Waals surface area contributed by atoms with Crippen molar-refractivity contribution >= 4 is 40.9 Å². The van der Waals surface area contributed by atoms with Crippen molar-refractivity contribution < 1.29 is 14.7 Å². The fourth-order valence-corrected chi connectivity index (χ4v) is 1.69. The van der Waals surface area contributed by atoms with E-state index < -0.39 is 11.9 Å². The van der Waals surface area contributed by atoms with E-state index in [1.807, 2.05) is 0 Å². The van der Waals surface area contributed by atoms with Crippen molar-refractivity contribution in [3.8, 4) is 0 Å². The Morgan fingerprint density at radius 2 is 1.95 bits per heavy atom. The molecule has 2 rings (SSSR count). The van der Waals surface area contributed by atoms with E-state index in [-0.39, 0.29) is 27.3 Å². The number of anilines is 1. The quantitative estimate of drug-likeness (QED) is 0.899. The van der Waals surface area contributed by atoms with Crippen LogP contribution in [0, 0.1) is 0 Å². The van der Waals surface area contributed by atoms with E-state index in [9.17, 15) is 9.59 Å². The summed E-state index contributed by atoms with van der Waals surface area (Å²) in [6, 6.07) is 3.97. The number of hydrogen-bond acceptors (Lipinski definition) is 5. The summed E-state index contributed by atoms with van der Waals surface area (Å²) in [7, 11) is 0. The smallest absolute Gasteiger partial charge is 0.339 e. The fraction of sp³-hybridized carbons (Fsp3) is 0. The molecule has 0 spiro atoms. The summed E-state index contributed by atoms with van der Waals surface area (Å²) in [5, 5.41) is 18.1. The van der Waals surface area contributed by atoms with Crippen molar-refractivity contribution in [3.05, 3.63) is 45.8 Å². The summed E-state index contributed by atoms with van der Waals surface area (Å²) < 4.78 is 0. The third kappa shape index (κ3) is 3.01. The third-order valence-electron chi connectivity index (χ3n) is 2.23. The molecular formula is C11H6Cl2N4O3. The van der Waals surface area contributed by atoms with E-state index in [2.05, 4.69) is 20.5 Å². The average molecular weight is 313 g/mol. The first-order valence-corrected chi connectivity index (χ1v) is 5.93. The van der Waals surface area contributed by atoms with E-state index in [1.54, 1.807) is 0 Å². The molecule has 0 saturated carbocycles. The van der Waals surface area contributed by atoms with E-state index in [0.717, 1.165) is 0 Å². The lowest BCUT2D eigenvalue weighted by atomic mass is 10.2. The van der Waals surface area contributed by atoms with Crippen LogP contribution in [0.3, 0.4) is 0 Å². The molecule has 2 N–H and O–H groups in total. The molecular weight excluding hydrogens is 307 g/mol. The highest BCUT2D eigenvalue weighted by Crippen LogP contribution is 2.18. The highest BCUT2D eigenvalue weighted by molar-refractivity contribution is 6.34. The normalized spacial score (nSPS) is 10.1. The van der Waals surface area contributed by atoms with Gasteiger partial charge in [-0.2, -0.15) is 0 Å². The third-order valence-corrected chi connectivity index (χ3v) is 2.70. The van der Waals surface area contributed by atoms with Crippen LogP contribution in [0.25, 0.3) is 0 Å². The van der Waals surface area contributed by atoms with Gasteiger partial charge in [0.15, 0.2) is 10.3 Å². The Balaban J connectivity index is 2.33. The summed E-state index contributed by atoms with van der Waals surface area (Å²) in [6.07, 6.45) is 1.35. The topological polar surface area (TPSA) is 105 Å². The standard InChI is InChI=1S/C11H6Cl2N4O3/c12-7-4-6(8(13)17-16-7)10(18)15-9-5(11(19)20)2-1-3-14-9/h1-4H,(H,19,20)(H,14,15,18). The molecule has 1 amide bonds. The fourth-order valence-electron chi connectivity index (χ4n) is 1.36. The lowest BCUT2D eigenvalue weighted by molar-refractivity contribution is 0.0697. The van der Waals surface area contributed by atoms with E-state index >= 15 is 0 Å². The zero-order valence-electron chi connectivity index (χ0n) is 9.67. The van der Waals surface area contributed by atoms with Crippen LogP contribution in [0.15, 0.2) is 24.4 Å². The lowest BCUT2D eigenvalue weighted by Crippen LogP contribution is -2.17. The first kappa shape index (κ1) is 14.2. The minimum absolute atomic E-state index is 0.0148. The number of hydrogen-bond donors (Lipinski definition) is 2. The molecule has 0 radical (unpaired) electrons. The van der Waals surface area contributed by atoms with Crippen molar-refractivity contribution in [3.63, 3.8) is 0 Å². The van der Waals surface area contributed by atoms with Gasteiger partial charge in [-0.1, -0.05) is 23.2 Å². The van der Waals surface area contributed by atoms with E-state index in [0.29, 0.717) is 0 Å². The lowest BCUT2D eigenvalue weighted by Gasteiger charge is -2.07. The van der Waals surface area contributed by atoms with Crippen LogP contribution in [0.5, 0.6) is 0 Å². The minimum Gasteiger partial charge on any atom is -0.478 e. The maximum absolute atomic E-state index is 12.0. The van der Waals surface area contributed by atoms with Gasteiger partial charge in [-0.25, -0.2) is 9.78 Å². The van der Waals surface area contributed by atoms with Crippen LogP contribution < -0.4 is 5.32 Å². The second-order valence-electron chi connectivity index (χ2n) is 3.53. The molecule has 0 saturated heterocycles. The van der Waals surface area contributed by atoms with Crippen LogP contribution in [-0.4, -0.2) is 32.2 Å². The molecule has 0 fully saturated rings. The average Bonchev–Trinajstić information content (AvgIpc) is 2.41. The molecule has 0 bridgehead atoms. The van der Waals surface area contributed by atoms with Crippen LogP contribution in [0.1, 0.15) is 20.7 Å². The largest absolute Gasteiger partial charge is 0.478 e. The van der Waals surface area contributed by atoms with Gasteiger partial charge >= 0.3 is 5.97 Å². The minimum atomic E-state index is -1.22. The second-order valence-corrected chi connectivity index (χ2v) is 4.28. The highest BCUT2D eigenvalue weighted by Gasteiger charge is 2.17. The van der Waals surface area contributed by atoms with Gasteiger partial charge in [-0.05, 0) is 18.2 Å². The van der Waals surface area contributed by atoms with E-state index in [4.69, 9.17) is 28.3 Å². The van der Waals surface area contributed by atoms with Gasteiger partial charge in [0.1, 0.15) is 11.4 Å². The first-order valence-electron chi connectivity index (χ1n) is 5.17. The van der Waals surface area contributed by atoms with Crippen molar-refractivity contribution in [1.82, 2.24) is 15.2 Å². The number of rotatable bonds is 3. The molecule has 2 heterocycles. The molecule has 0 aliphatic rings. The first-order chi connectivity index (χ1) is 9.49. The summed E-state index contributed by atoms with van der Waals surface area (Å²) in [5.41, 5.74) is -0.182. The number of carboxylic acid groups (broad SMARTS) is 1. The molecule has 7 nitrogen and oxygen atoms in total. The van der Waals surface area contributed by atoms with Gasteiger partial charge in [0.05, 0.1) is 5.56 Å². The molecule has 0 aliphatic carbocycles. The second kappa shape index (κ2) is 5.81. The van der Waals surface area contributed by atoms with Crippen LogP contribution in [-0.2, 0) is 0 Å².